The van der Waals surface area contributed by atoms with Crippen LogP contribution in [0.5, 0.6) is 0 Å². The van der Waals surface area contributed by atoms with Crippen molar-refractivity contribution in [2.45, 2.75) is 5.03 Å². The standard InChI is InChI=1S/C14H11N3O2S/c18-13-10-3-1-2-4-11(10)14(19)17(13)7-8-20-12-9-15-5-6-16-12/h1-6,9H,7-8H2. The molecule has 0 saturated carbocycles. The second-order valence-electron chi connectivity index (χ2n) is 4.20. The summed E-state index contributed by atoms with van der Waals surface area (Å²) in [4.78, 5) is 33.6. The summed E-state index contributed by atoms with van der Waals surface area (Å²) in [5.74, 6) is 0.167. The first-order valence-corrected chi connectivity index (χ1v) is 7.10. The highest BCUT2D eigenvalue weighted by atomic mass is 32.2. The third-order valence-corrected chi connectivity index (χ3v) is 3.88. The van der Waals surface area contributed by atoms with E-state index in [4.69, 9.17) is 0 Å². The van der Waals surface area contributed by atoms with Crippen LogP contribution in [-0.4, -0.2) is 39.0 Å². The van der Waals surface area contributed by atoms with E-state index >= 15 is 0 Å². The fourth-order valence-electron chi connectivity index (χ4n) is 2.04. The molecule has 6 heteroatoms. The zero-order valence-corrected chi connectivity index (χ0v) is 11.3. The maximum absolute atomic E-state index is 12.1. The molecule has 2 amide bonds. The van der Waals surface area contributed by atoms with Gasteiger partial charge in [0, 0.05) is 24.7 Å². The van der Waals surface area contributed by atoms with Gasteiger partial charge in [0.1, 0.15) is 5.03 Å². The van der Waals surface area contributed by atoms with Crippen molar-refractivity contribution in [1.82, 2.24) is 14.9 Å². The summed E-state index contributed by atoms with van der Waals surface area (Å²) in [5.41, 5.74) is 0.976. The summed E-state index contributed by atoms with van der Waals surface area (Å²) in [6.07, 6.45) is 4.88. The molecule has 3 rings (SSSR count). The van der Waals surface area contributed by atoms with Gasteiger partial charge in [-0.3, -0.25) is 19.5 Å². The zero-order valence-electron chi connectivity index (χ0n) is 10.5. The predicted molar refractivity (Wildman–Crippen MR) is 74.6 cm³/mol. The van der Waals surface area contributed by atoms with Gasteiger partial charge in [-0.15, -0.1) is 11.8 Å². The lowest BCUT2D eigenvalue weighted by atomic mass is 10.1. The Kier molecular flexibility index (Phi) is 3.47. The number of carbonyl (C=O) groups is 2. The summed E-state index contributed by atoms with van der Waals surface area (Å²) in [5, 5.41) is 0.782. The first kappa shape index (κ1) is 12.8. The summed E-state index contributed by atoms with van der Waals surface area (Å²) in [7, 11) is 0. The number of fused-ring (bicyclic) bond motifs is 1. The predicted octanol–water partition coefficient (Wildman–Crippen LogP) is 1.86. The highest BCUT2D eigenvalue weighted by Crippen LogP contribution is 2.23. The second kappa shape index (κ2) is 5.42. The highest BCUT2D eigenvalue weighted by molar-refractivity contribution is 7.99. The lowest BCUT2D eigenvalue weighted by Crippen LogP contribution is -2.31. The Hall–Kier alpha value is -2.21. The molecule has 5 nitrogen and oxygen atoms in total. The molecule has 1 aromatic heterocycles. The Balaban J connectivity index is 1.65. The number of imide groups is 1. The van der Waals surface area contributed by atoms with Crippen molar-refractivity contribution in [2.75, 3.05) is 12.3 Å². The largest absolute Gasteiger partial charge is 0.273 e. The Morgan fingerprint density at radius 2 is 1.75 bits per heavy atom. The first-order chi connectivity index (χ1) is 9.77. The number of nitrogens with zero attached hydrogens (tertiary/aromatic N) is 3. The molecule has 2 heterocycles. The van der Waals surface area contributed by atoms with E-state index in [0.717, 1.165) is 5.03 Å². The smallest absolute Gasteiger partial charge is 0.261 e. The van der Waals surface area contributed by atoms with Crippen molar-refractivity contribution in [2.24, 2.45) is 0 Å². The Morgan fingerprint density at radius 1 is 1.05 bits per heavy atom. The van der Waals surface area contributed by atoms with Gasteiger partial charge < -0.3 is 0 Å². The summed E-state index contributed by atoms with van der Waals surface area (Å²) in [6.45, 7) is 0.369. The van der Waals surface area contributed by atoms with Gasteiger partial charge in [-0.1, -0.05) is 12.1 Å². The fourth-order valence-corrected chi connectivity index (χ4v) is 2.80. The zero-order chi connectivity index (χ0) is 13.9. The highest BCUT2D eigenvalue weighted by Gasteiger charge is 2.34. The molecule has 0 bridgehead atoms. The van der Waals surface area contributed by atoms with Crippen LogP contribution in [0.25, 0.3) is 0 Å². The quantitative estimate of drug-likeness (QED) is 0.634. The molecule has 1 aliphatic rings. The van der Waals surface area contributed by atoms with E-state index in [1.807, 2.05) is 0 Å². The number of amides is 2. The van der Waals surface area contributed by atoms with Gasteiger partial charge in [0.05, 0.1) is 17.3 Å². The molecule has 1 aliphatic heterocycles. The minimum Gasteiger partial charge on any atom is -0.273 e. The summed E-state index contributed by atoms with van der Waals surface area (Å²) >= 11 is 1.47. The summed E-state index contributed by atoms with van der Waals surface area (Å²) in [6, 6.07) is 6.90. The van der Waals surface area contributed by atoms with E-state index in [-0.39, 0.29) is 11.8 Å². The summed E-state index contributed by atoms with van der Waals surface area (Å²) < 4.78 is 0. The van der Waals surface area contributed by atoms with Crippen LogP contribution >= 0.6 is 11.8 Å². The van der Waals surface area contributed by atoms with Gasteiger partial charge in [0.25, 0.3) is 11.8 Å². The molecular formula is C14H11N3O2S. The average molecular weight is 285 g/mol. The van der Waals surface area contributed by atoms with Crippen LogP contribution < -0.4 is 0 Å². The van der Waals surface area contributed by atoms with Crippen molar-refractivity contribution in [3.05, 3.63) is 54.0 Å². The van der Waals surface area contributed by atoms with E-state index in [0.29, 0.717) is 23.4 Å². The SMILES string of the molecule is O=C1c2ccccc2C(=O)N1CCSc1cnccn1. The molecule has 0 saturated heterocycles. The van der Waals surface area contributed by atoms with Crippen LogP contribution in [0.4, 0.5) is 0 Å². The third kappa shape index (κ3) is 2.30. The van der Waals surface area contributed by atoms with Gasteiger partial charge >= 0.3 is 0 Å². The van der Waals surface area contributed by atoms with Crippen molar-refractivity contribution >= 4 is 23.6 Å². The molecule has 2 aromatic rings. The minimum atomic E-state index is -0.217. The van der Waals surface area contributed by atoms with Gasteiger partial charge in [-0.05, 0) is 12.1 Å². The maximum atomic E-state index is 12.1. The molecule has 0 N–H and O–H groups in total. The van der Waals surface area contributed by atoms with Crippen LogP contribution in [-0.2, 0) is 0 Å². The lowest BCUT2D eigenvalue weighted by molar-refractivity contribution is 0.0664. The lowest BCUT2D eigenvalue weighted by Gasteiger charge is -2.12. The molecule has 0 radical (unpaired) electrons. The van der Waals surface area contributed by atoms with E-state index < -0.39 is 0 Å². The molecule has 20 heavy (non-hydrogen) atoms. The molecule has 1 aromatic carbocycles. The van der Waals surface area contributed by atoms with Crippen molar-refractivity contribution in [1.29, 1.82) is 0 Å². The Labute approximate surface area is 120 Å². The molecule has 100 valence electrons. The Bertz CT molecular complexity index is 625. The van der Waals surface area contributed by atoms with E-state index in [1.165, 1.54) is 16.7 Å². The number of hydrogen-bond donors (Lipinski definition) is 0. The first-order valence-electron chi connectivity index (χ1n) is 6.11. The van der Waals surface area contributed by atoms with Gasteiger partial charge in [0.2, 0.25) is 0 Å². The van der Waals surface area contributed by atoms with E-state index in [2.05, 4.69) is 9.97 Å². The van der Waals surface area contributed by atoms with Crippen LogP contribution in [0.1, 0.15) is 20.7 Å². The van der Waals surface area contributed by atoms with Gasteiger partial charge in [-0.2, -0.15) is 0 Å². The third-order valence-electron chi connectivity index (χ3n) is 2.98. The van der Waals surface area contributed by atoms with Crippen molar-refractivity contribution in [3.63, 3.8) is 0 Å². The topological polar surface area (TPSA) is 63.2 Å². The number of benzene rings is 1. The monoisotopic (exact) mass is 285 g/mol. The molecule has 0 unspecified atom stereocenters. The fraction of sp³-hybridized carbons (Fsp3) is 0.143. The van der Waals surface area contributed by atoms with Crippen molar-refractivity contribution < 1.29 is 9.59 Å². The van der Waals surface area contributed by atoms with E-state index in [9.17, 15) is 9.59 Å². The normalized spacial score (nSPS) is 13.7. The minimum absolute atomic E-state index is 0.217. The van der Waals surface area contributed by atoms with Crippen LogP contribution in [0.2, 0.25) is 0 Å². The average Bonchev–Trinajstić information content (AvgIpc) is 2.74. The van der Waals surface area contributed by atoms with E-state index in [1.54, 1.807) is 42.9 Å². The Morgan fingerprint density at radius 3 is 2.35 bits per heavy atom. The van der Waals surface area contributed by atoms with Crippen LogP contribution in [0, 0.1) is 0 Å². The molecule has 0 aliphatic carbocycles. The molecule has 0 fully saturated rings. The van der Waals surface area contributed by atoms with Gasteiger partial charge in [-0.25, -0.2) is 4.98 Å². The molecule has 0 atom stereocenters. The van der Waals surface area contributed by atoms with Crippen LogP contribution in [0.15, 0.2) is 47.9 Å². The number of rotatable bonds is 4. The van der Waals surface area contributed by atoms with Crippen LogP contribution in [0.3, 0.4) is 0 Å². The van der Waals surface area contributed by atoms with Gasteiger partial charge in [0.15, 0.2) is 0 Å². The number of hydrogen-bond acceptors (Lipinski definition) is 5. The molecular weight excluding hydrogens is 274 g/mol. The number of aromatic nitrogens is 2. The molecule has 0 spiro atoms. The number of carbonyl (C=O) groups excluding carboxylic acids is 2. The second-order valence-corrected chi connectivity index (χ2v) is 5.31. The maximum Gasteiger partial charge on any atom is 0.261 e. The number of thioether (sulfide) groups is 1. The van der Waals surface area contributed by atoms with Crippen molar-refractivity contribution in [3.8, 4) is 0 Å².